The van der Waals surface area contributed by atoms with E-state index in [-0.39, 0.29) is 5.91 Å². The summed E-state index contributed by atoms with van der Waals surface area (Å²) in [6.45, 7) is 2.13. The Morgan fingerprint density at radius 3 is 2.84 bits per heavy atom. The number of nitrogens with zero attached hydrogens (tertiary/aromatic N) is 2. The van der Waals surface area contributed by atoms with Crippen molar-refractivity contribution >= 4 is 22.2 Å². The van der Waals surface area contributed by atoms with E-state index >= 15 is 0 Å². The van der Waals surface area contributed by atoms with Crippen LogP contribution < -0.4 is 5.32 Å². The molecule has 2 aromatic rings. The van der Waals surface area contributed by atoms with Crippen LogP contribution in [0.3, 0.4) is 0 Å². The molecule has 0 aliphatic heterocycles. The Morgan fingerprint density at radius 2 is 2.04 bits per heavy atom. The molecule has 0 bridgehead atoms. The first-order chi connectivity index (χ1) is 12.2. The first-order valence-corrected chi connectivity index (χ1v) is 10.3. The van der Waals surface area contributed by atoms with Gasteiger partial charge in [0.15, 0.2) is 5.82 Å². The van der Waals surface area contributed by atoms with Crippen LogP contribution in [0.25, 0.3) is 0 Å². The monoisotopic (exact) mass is 359 g/mol. The quantitative estimate of drug-likeness (QED) is 0.850. The van der Waals surface area contributed by atoms with Crippen LogP contribution in [-0.4, -0.2) is 16.0 Å². The molecular weight excluding hydrogens is 334 g/mol. The van der Waals surface area contributed by atoms with E-state index in [2.05, 4.69) is 22.4 Å². The normalized spacial score (nSPS) is 17.6. The maximum Gasteiger partial charge on any atom is 0.227 e. The van der Waals surface area contributed by atoms with Crippen molar-refractivity contribution in [2.24, 2.45) is 0 Å². The fraction of sp³-hybridized carbons (Fsp3) is 0.632. The van der Waals surface area contributed by atoms with Gasteiger partial charge < -0.3 is 9.84 Å². The minimum Gasteiger partial charge on any atom is -0.339 e. The van der Waals surface area contributed by atoms with E-state index in [1.807, 2.05) is 0 Å². The van der Waals surface area contributed by atoms with Gasteiger partial charge in [0, 0.05) is 23.6 Å². The van der Waals surface area contributed by atoms with Crippen molar-refractivity contribution < 1.29 is 9.32 Å². The molecule has 2 heterocycles. The number of carbonyl (C=O) groups is 1. The van der Waals surface area contributed by atoms with Crippen molar-refractivity contribution in [3.63, 3.8) is 0 Å². The van der Waals surface area contributed by atoms with E-state index < -0.39 is 0 Å². The van der Waals surface area contributed by atoms with Gasteiger partial charge in [0.1, 0.15) is 0 Å². The predicted molar refractivity (Wildman–Crippen MR) is 98.2 cm³/mol. The summed E-state index contributed by atoms with van der Waals surface area (Å²) in [4.78, 5) is 18.3. The summed E-state index contributed by atoms with van der Waals surface area (Å²) in [5, 5.41) is 8.21. The molecule has 1 N–H and O–H groups in total. The molecule has 0 atom stereocenters. The van der Waals surface area contributed by atoms with Crippen LogP contribution in [0.1, 0.15) is 78.6 Å². The minimum absolute atomic E-state index is 0.0299. The highest BCUT2D eigenvalue weighted by atomic mass is 32.1. The maximum absolute atomic E-state index is 12.3. The van der Waals surface area contributed by atoms with Crippen molar-refractivity contribution in [1.29, 1.82) is 0 Å². The van der Waals surface area contributed by atoms with Crippen molar-refractivity contribution in [1.82, 2.24) is 10.1 Å². The molecule has 0 spiro atoms. The Morgan fingerprint density at radius 1 is 1.24 bits per heavy atom. The molecule has 0 unspecified atom stereocenters. The standard InChI is InChI=1S/C19H25N3O2S/c1-12-14-8-4-5-9-15(14)25-19(12)20-16(23)10-11-17-21-18(22-24-17)13-6-2-3-7-13/h13H,2-11H2,1H3,(H,20,23). The van der Waals surface area contributed by atoms with Gasteiger partial charge in [-0.05, 0) is 56.6 Å². The Balaban J connectivity index is 1.33. The lowest BCUT2D eigenvalue weighted by Crippen LogP contribution is -2.12. The van der Waals surface area contributed by atoms with E-state index in [1.165, 1.54) is 41.7 Å². The highest BCUT2D eigenvalue weighted by molar-refractivity contribution is 7.16. The number of aromatic nitrogens is 2. The first-order valence-electron chi connectivity index (χ1n) is 9.44. The van der Waals surface area contributed by atoms with Gasteiger partial charge in [0.05, 0.1) is 5.00 Å². The second kappa shape index (κ2) is 7.28. The third-order valence-corrected chi connectivity index (χ3v) is 6.77. The van der Waals surface area contributed by atoms with E-state index in [9.17, 15) is 4.79 Å². The average molecular weight is 359 g/mol. The zero-order chi connectivity index (χ0) is 17.2. The molecule has 2 aromatic heterocycles. The van der Waals surface area contributed by atoms with Crippen molar-refractivity contribution in [2.45, 2.75) is 77.0 Å². The Bertz CT molecular complexity index is 759. The van der Waals surface area contributed by atoms with Gasteiger partial charge in [0.2, 0.25) is 11.8 Å². The zero-order valence-electron chi connectivity index (χ0n) is 14.8. The molecule has 134 valence electrons. The summed E-state index contributed by atoms with van der Waals surface area (Å²) in [5.41, 5.74) is 2.72. The van der Waals surface area contributed by atoms with Crippen LogP contribution in [0.5, 0.6) is 0 Å². The number of nitrogens with one attached hydrogen (secondary N) is 1. The molecule has 0 radical (unpaired) electrons. The molecule has 25 heavy (non-hydrogen) atoms. The third kappa shape index (κ3) is 3.64. The number of carbonyl (C=O) groups excluding carboxylic acids is 1. The highest BCUT2D eigenvalue weighted by Crippen LogP contribution is 2.37. The fourth-order valence-corrected chi connectivity index (χ4v) is 5.28. The SMILES string of the molecule is Cc1c(NC(=O)CCc2nc(C3CCCC3)no2)sc2c1CCCC2. The summed E-state index contributed by atoms with van der Waals surface area (Å²) in [5.74, 6) is 1.89. The second-order valence-electron chi connectivity index (χ2n) is 7.24. The van der Waals surface area contributed by atoms with Gasteiger partial charge in [-0.25, -0.2) is 0 Å². The van der Waals surface area contributed by atoms with Gasteiger partial charge in [-0.1, -0.05) is 18.0 Å². The molecule has 2 aliphatic rings. The summed E-state index contributed by atoms with van der Waals surface area (Å²) in [6, 6.07) is 0. The van der Waals surface area contributed by atoms with E-state index in [1.54, 1.807) is 11.3 Å². The van der Waals surface area contributed by atoms with Crippen LogP contribution in [0, 0.1) is 6.92 Å². The fourth-order valence-electron chi connectivity index (χ4n) is 3.97. The zero-order valence-corrected chi connectivity index (χ0v) is 15.6. The molecule has 5 nitrogen and oxygen atoms in total. The van der Waals surface area contributed by atoms with E-state index in [0.717, 1.165) is 36.5 Å². The lowest BCUT2D eigenvalue weighted by atomic mass is 9.96. The Hall–Kier alpha value is -1.69. The van der Waals surface area contributed by atoms with Gasteiger partial charge in [-0.15, -0.1) is 11.3 Å². The van der Waals surface area contributed by atoms with Crippen LogP contribution in [0.4, 0.5) is 5.00 Å². The topological polar surface area (TPSA) is 68.0 Å². The molecule has 1 amide bonds. The summed E-state index contributed by atoms with van der Waals surface area (Å²) < 4.78 is 5.33. The number of aryl methyl sites for hydroxylation is 2. The van der Waals surface area contributed by atoms with Crippen LogP contribution in [-0.2, 0) is 24.1 Å². The summed E-state index contributed by atoms with van der Waals surface area (Å²) in [6.07, 6.45) is 10.5. The average Bonchev–Trinajstić information content (AvgIpc) is 3.34. The van der Waals surface area contributed by atoms with E-state index in [0.29, 0.717) is 24.7 Å². The van der Waals surface area contributed by atoms with Crippen LogP contribution >= 0.6 is 11.3 Å². The third-order valence-electron chi connectivity index (χ3n) is 5.46. The largest absolute Gasteiger partial charge is 0.339 e. The molecule has 1 fully saturated rings. The predicted octanol–water partition coefficient (Wildman–Crippen LogP) is 4.55. The van der Waals surface area contributed by atoms with Crippen molar-refractivity contribution in [3.8, 4) is 0 Å². The van der Waals surface area contributed by atoms with E-state index in [4.69, 9.17) is 4.52 Å². The second-order valence-corrected chi connectivity index (χ2v) is 8.35. The van der Waals surface area contributed by atoms with Gasteiger partial charge in [-0.3, -0.25) is 4.79 Å². The molecule has 4 rings (SSSR count). The first kappa shape index (κ1) is 16.8. The van der Waals surface area contributed by atoms with Gasteiger partial charge >= 0.3 is 0 Å². The van der Waals surface area contributed by atoms with Crippen molar-refractivity contribution in [3.05, 3.63) is 27.7 Å². The van der Waals surface area contributed by atoms with Crippen molar-refractivity contribution in [2.75, 3.05) is 5.32 Å². The Kier molecular flexibility index (Phi) is 4.88. The number of hydrogen-bond acceptors (Lipinski definition) is 5. The molecule has 1 saturated carbocycles. The molecule has 0 aromatic carbocycles. The van der Waals surface area contributed by atoms with Gasteiger partial charge in [-0.2, -0.15) is 4.98 Å². The van der Waals surface area contributed by atoms with Crippen LogP contribution in [0.15, 0.2) is 4.52 Å². The number of anilines is 1. The number of thiophene rings is 1. The summed E-state index contributed by atoms with van der Waals surface area (Å²) in [7, 11) is 0. The molecule has 6 heteroatoms. The van der Waals surface area contributed by atoms with Crippen LogP contribution in [0.2, 0.25) is 0 Å². The minimum atomic E-state index is 0.0299. The smallest absolute Gasteiger partial charge is 0.227 e. The molecule has 0 saturated heterocycles. The number of hydrogen-bond donors (Lipinski definition) is 1. The maximum atomic E-state index is 12.3. The molecule has 2 aliphatic carbocycles. The molecular formula is C19H25N3O2S. The summed E-state index contributed by atoms with van der Waals surface area (Å²) >= 11 is 1.75. The lowest BCUT2D eigenvalue weighted by molar-refractivity contribution is -0.116. The lowest BCUT2D eigenvalue weighted by Gasteiger charge is -2.10. The van der Waals surface area contributed by atoms with Gasteiger partial charge in [0.25, 0.3) is 0 Å². The Labute approximate surface area is 152 Å². The highest BCUT2D eigenvalue weighted by Gasteiger charge is 2.23. The number of fused-ring (bicyclic) bond motifs is 1. The number of rotatable bonds is 5. The number of amides is 1.